The molecule has 1 saturated heterocycles. The minimum atomic E-state index is 0.0190. The Kier molecular flexibility index (Phi) is 3.56. The van der Waals surface area contributed by atoms with Crippen molar-refractivity contribution in [1.82, 2.24) is 4.90 Å². The van der Waals surface area contributed by atoms with E-state index in [0.717, 1.165) is 19.5 Å². The summed E-state index contributed by atoms with van der Waals surface area (Å²) in [6.45, 7) is 4.38. The average molecular weight is 259 g/mol. The SMILES string of the molecule is CCOC(=O)[C@H]1[C@@H]2CC[C@@H]1N(Cc1ccccc1)C2. The summed E-state index contributed by atoms with van der Waals surface area (Å²) < 4.78 is 5.24. The van der Waals surface area contributed by atoms with E-state index >= 15 is 0 Å². The second-order valence-electron chi connectivity index (χ2n) is 5.60. The van der Waals surface area contributed by atoms with E-state index in [1.165, 1.54) is 12.0 Å². The molecule has 0 aromatic heterocycles. The Labute approximate surface area is 114 Å². The Morgan fingerprint density at radius 3 is 2.84 bits per heavy atom. The molecule has 2 aliphatic rings. The molecule has 102 valence electrons. The highest BCUT2D eigenvalue weighted by atomic mass is 16.5. The number of benzene rings is 1. The van der Waals surface area contributed by atoms with Crippen molar-refractivity contribution >= 4 is 5.97 Å². The smallest absolute Gasteiger partial charge is 0.310 e. The van der Waals surface area contributed by atoms with Crippen LogP contribution in [0.4, 0.5) is 0 Å². The van der Waals surface area contributed by atoms with Gasteiger partial charge in [-0.1, -0.05) is 30.3 Å². The lowest BCUT2D eigenvalue weighted by Gasteiger charge is -2.27. The number of esters is 1. The number of rotatable bonds is 4. The fraction of sp³-hybridized carbons (Fsp3) is 0.562. The second kappa shape index (κ2) is 5.33. The minimum Gasteiger partial charge on any atom is -0.466 e. The molecule has 1 aliphatic heterocycles. The average Bonchev–Trinajstić information content (AvgIpc) is 2.97. The van der Waals surface area contributed by atoms with Crippen molar-refractivity contribution in [3.8, 4) is 0 Å². The molecule has 3 nitrogen and oxygen atoms in total. The molecular weight excluding hydrogens is 238 g/mol. The molecule has 1 saturated carbocycles. The van der Waals surface area contributed by atoms with Gasteiger partial charge in [-0.25, -0.2) is 0 Å². The number of hydrogen-bond donors (Lipinski definition) is 0. The first kappa shape index (κ1) is 12.7. The third-order valence-electron chi connectivity index (χ3n) is 4.48. The van der Waals surface area contributed by atoms with Gasteiger partial charge in [-0.3, -0.25) is 9.69 Å². The van der Waals surface area contributed by atoms with E-state index in [0.29, 0.717) is 18.6 Å². The zero-order chi connectivity index (χ0) is 13.2. The van der Waals surface area contributed by atoms with E-state index in [-0.39, 0.29) is 11.9 Å². The number of hydrogen-bond acceptors (Lipinski definition) is 3. The lowest BCUT2D eigenvalue weighted by Crippen LogP contribution is -2.34. The van der Waals surface area contributed by atoms with Crippen molar-refractivity contribution in [3.63, 3.8) is 0 Å². The predicted octanol–water partition coefficient (Wildman–Crippen LogP) is 2.46. The van der Waals surface area contributed by atoms with Crippen LogP contribution in [-0.4, -0.2) is 30.1 Å². The fourth-order valence-corrected chi connectivity index (χ4v) is 3.70. The highest BCUT2D eigenvalue weighted by Crippen LogP contribution is 2.43. The van der Waals surface area contributed by atoms with Gasteiger partial charge in [-0.05, 0) is 31.2 Å². The van der Waals surface area contributed by atoms with Gasteiger partial charge in [-0.2, -0.15) is 0 Å². The standard InChI is InChI=1S/C16H21NO2/c1-2-19-16(18)15-13-8-9-14(15)17(11-13)10-12-6-4-3-5-7-12/h3-7,13-15H,2,8-11H2,1H3/t13-,14+,15+/m1/s1. The number of likely N-dealkylation sites (tertiary alicyclic amines) is 1. The molecule has 3 heteroatoms. The summed E-state index contributed by atoms with van der Waals surface area (Å²) in [4.78, 5) is 14.5. The molecule has 1 aliphatic carbocycles. The molecule has 3 atom stereocenters. The van der Waals surface area contributed by atoms with E-state index in [1.807, 2.05) is 13.0 Å². The first-order chi connectivity index (χ1) is 9.29. The Bertz CT molecular complexity index is 445. The lowest BCUT2D eigenvalue weighted by atomic mass is 9.99. The summed E-state index contributed by atoms with van der Waals surface area (Å²) in [6.07, 6.45) is 2.32. The van der Waals surface area contributed by atoms with Crippen molar-refractivity contribution in [2.45, 2.75) is 32.4 Å². The molecule has 0 spiro atoms. The topological polar surface area (TPSA) is 29.5 Å². The fourth-order valence-electron chi connectivity index (χ4n) is 3.70. The number of piperidine rings is 1. The Hall–Kier alpha value is -1.35. The van der Waals surface area contributed by atoms with Crippen LogP contribution in [0.1, 0.15) is 25.3 Å². The molecule has 0 radical (unpaired) electrons. The van der Waals surface area contributed by atoms with Gasteiger partial charge >= 0.3 is 5.97 Å². The van der Waals surface area contributed by atoms with E-state index in [2.05, 4.69) is 29.2 Å². The van der Waals surface area contributed by atoms with Crippen LogP contribution in [0.15, 0.2) is 30.3 Å². The van der Waals surface area contributed by atoms with Crippen LogP contribution < -0.4 is 0 Å². The van der Waals surface area contributed by atoms with Crippen molar-refractivity contribution in [3.05, 3.63) is 35.9 Å². The quantitative estimate of drug-likeness (QED) is 0.778. The largest absolute Gasteiger partial charge is 0.466 e. The van der Waals surface area contributed by atoms with Gasteiger partial charge in [0, 0.05) is 19.1 Å². The molecule has 1 heterocycles. The van der Waals surface area contributed by atoms with Crippen molar-refractivity contribution in [1.29, 1.82) is 0 Å². The summed E-state index contributed by atoms with van der Waals surface area (Å²) in [5.41, 5.74) is 1.33. The van der Waals surface area contributed by atoms with Gasteiger partial charge in [0.25, 0.3) is 0 Å². The number of nitrogens with zero attached hydrogens (tertiary/aromatic N) is 1. The summed E-state index contributed by atoms with van der Waals surface area (Å²) in [5.74, 6) is 0.641. The Morgan fingerprint density at radius 2 is 2.11 bits per heavy atom. The van der Waals surface area contributed by atoms with E-state index in [9.17, 15) is 4.79 Å². The van der Waals surface area contributed by atoms with Crippen LogP contribution in [0.3, 0.4) is 0 Å². The van der Waals surface area contributed by atoms with E-state index in [1.54, 1.807) is 0 Å². The summed E-state index contributed by atoms with van der Waals surface area (Å²) in [6, 6.07) is 10.9. The van der Waals surface area contributed by atoms with Gasteiger partial charge in [0.15, 0.2) is 0 Å². The predicted molar refractivity (Wildman–Crippen MR) is 73.5 cm³/mol. The van der Waals surface area contributed by atoms with Gasteiger partial charge in [0.05, 0.1) is 12.5 Å². The van der Waals surface area contributed by atoms with Crippen molar-refractivity contribution in [2.75, 3.05) is 13.2 Å². The molecule has 1 aromatic carbocycles. The summed E-state index contributed by atoms with van der Waals surface area (Å²) in [7, 11) is 0. The lowest BCUT2D eigenvalue weighted by molar-refractivity contribution is -0.149. The maximum Gasteiger partial charge on any atom is 0.310 e. The molecule has 0 N–H and O–H groups in total. The second-order valence-corrected chi connectivity index (χ2v) is 5.60. The third kappa shape index (κ3) is 2.39. The zero-order valence-electron chi connectivity index (χ0n) is 11.4. The molecule has 0 amide bonds. The highest BCUT2D eigenvalue weighted by molar-refractivity contribution is 5.74. The number of ether oxygens (including phenoxy) is 1. The molecule has 2 fully saturated rings. The first-order valence-corrected chi connectivity index (χ1v) is 7.24. The number of carbonyl (C=O) groups is 1. The van der Waals surface area contributed by atoms with Crippen LogP contribution in [-0.2, 0) is 16.1 Å². The van der Waals surface area contributed by atoms with Gasteiger partial charge in [0.2, 0.25) is 0 Å². The maximum atomic E-state index is 12.1. The molecule has 3 rings (SSSR count). The molecule has 19 heavy (non-hydrogen) atoms. The molecular formula is C16H21NO2. The monoisotopic (exact) mass is 259 g/mol. The Balaban J connectivity index is 1.69. The van der Waals surface area contributed by atoms with Gasteiger partial charge in [-0.15, -0.1) is 0 Å². The van der Waals surface area contributed by atoms with Crippen LogP contribution in [0, 0.1) is 11.8 Å². The number of carbonyl (C=O) groups excluding carboxylic acids is 1. The molecule has 0 unspecified atom stereocenters. The highest BCUT2D eigenvalue weighted by Gasteiger charge is 2.50. The van der Waals surface area contributed by atoms with Crippen molar-refractivity contribution in [2.24, 2.45) is 11.8 Å². The number of fused-ring (bicyclic) bond motifs is 2. The van der Waals surface area contributed by atoms with Crippen LogP contribution in [0.25, 0.3) is 0 Å². The zero-order valence-corrected chi connectivity index (χ0v) is 11.4. The van der Waals surface area contributed by atoms with Crippen LogP contribution in [0.5, 0.6) is 0 Å². The van der Waals surface area contributed by atoms with Crippen LogP contribution >= 0.6 is 0 Å². The van der Waals surface area contributed by atoms with E-state index < -0.39 is 0 Å². The van der Waals surface area contributed by atoms with Gasteiger partial charge in [0.1, 0.15) is 0 Å². The minimum absolute atomic E-state index is 0.0190. The van der Waals surface area contributed by atoms with E-state index in [4.69, 9.17) is 4.74 Å². The summed E-state index contributed by atoms with van der Waals surface area (Å²) >= 11 is 0. The summed E-state index contributed by atoms with van der Waals surface area (Å²) in [5, 5.41) is 0. The molecule has 1 aromatic rings. The van der Waals surface area contributed by atoms with Crippen LogP contribution in [0.2, 0.25) is 0 Å². The van der Waals surface area contributed by atoms with Gasteiger partial charge < -0.3 is 4.74 Å². The molecule has 2 bridgehead atoms. The third-order valence-corrected chi connectivity index (χ3v) is 4.48. The van der Waals surface area contributed by atoms with Crippen molar-refractivity contribution < 1.29 is 9.53 Å². The Morgan fingerprint density at radius 1 is 1.32 bits per heavy atom. The maximum absolute atomic E-state index is 12.1. The first-order valence-electron chi connectivity index (χ1n) is 7.24. The normalized spacial score (nSPS) is 29.6.